The van der Waals surface area contributed by atoms with Crippen LogP contribution < -0.4 is 4.74 Å². The third-order valence-electron chi connectivity index (χ3n) is 5.05. The van der Waals surface area contributed by atoms with E-state index in [0.717, 1.165) is 25.0 Å². The second-order valence-corrected chi connectivity index (χ2v) is 9.33. The Balaban J connectivity index is 2.60. The van der Waals surface area contributed by atoms with Crippen LogP contribution in [-0.4, -0.2) is 25.3 Å². The molecular weight excluding hydrogens is 372 g/mol. The molecular formula is C23H40O4S. The lowest BCUT2D eigenvalue weighted by atomic mass is 10.00. The van der Waals surface area contributed by atoms with Gasteiger partial charge in [0.15, 0.2) is 0 Å². The number of rotatable bonds is 17. The molecule has 162 valence electrons. The summed E-state index contributed by atoms with van der Waals surface area (Å²) in [5.74, 6) is 0.633. The van der Waals surface area contributed by atoms with E-state index in [1.54, 1.807) is 0 Å². The summed E-state index contributed by atoms with van der Waals surface area (Å²) in [6.45, 7) is 4.76. The van der Waals surface area contributed by atoms with E-state index in [9.17, 15) is 8.42 Å². The summed E-state index contributed by atoms with van der Waals surface area (Å²) in [6.07, 6.45) is 14.9. The molecule has 0 aliphatic rings. The molecule has 0 bridgehead atoms. The van der Waals surface area contributed by atoms with Crippen molar-refractivity contribution in [3.8, 4) is 5.75 Å². The highest BCUT2D eigenvalue weighted by Gasteiger charge is 2.08. The van der Waals surface area contributed by atoms with Crippen molar-refractivity contribution >= 4 is 10.1 Å². The van der Waals surface area contributed by atoms with Crippen LogP contribution in [0.25, 0.3) is 0 Å². The van der Waals surface area contributed by atoms with Crippen molar-refractivity contribution in [3.63, 3.8) is 0 Å². The minimum atomic E-state index is -3.92. The first-order valence-electron chi connectivity index (χ1n) is 11.2. The molecule has 0 spiro atoms. The van der Waals surface area contributed by atoms with Gasteiger partial charge in [-0.1, -0.05) is 77.3 Å². The van der Waals surface area contributed by atoms with Gasteiger partial charge in [0, 0.05) is 0 Å². The maximum absolute atomic E-state index is 10.9. The Bertz CT molecular complexity index is 625. The topological polar surface area (TPSA) is 63.6 Å². The number of benzene rings is 1. The van der Waals surface area contributed by atoms with Gasteiger partial charge in [-0.25, -0.2) is 0 Å². The number of ether oxygens (including phenoxy) is 1. The van der Waals surface area contributed by atoms with Crippen LogP contribution in [0.4, 0.5) is 0 Å². The van der Waals surface area contributed by atoms with Gasteiger partial charge < -0.3 is 4.74 Å². The van der Waals surface area contributed by atoms with E-state index in [1.807, 2.05) is 0 Å². The summed E-state index contributed by atoms with van der Waals surface area (Å²) in [4.78, 5) is 0. The summed E-state index contributed by atoms with van der Waals surface area (Å²) in [5.41, 5.74) is 2.49. The van der Waals surface area contributed by atoms with E-state index in [4.69, 9.17) is 9.29 Å². The van der Waals surface area contributed by atoms with Gasteiger partial charge in [0.25, 0.3) is 10.1 Å². The number of aryl methyl sites for hydroxylation is 2. The van der Waals surface area contributed by atoms with Crippen molar-refractivity contribution in [1.29, 1.82) is 0 Å². The van der Waals surface area contributed by atoms with Crippen LogP contribution >= 0.6 is 0 Å². The van der Waals surface area contributed by atoms with Crippen LogP contribution in [0.2, 0.25) is 0 Å². The molecule has 0 heterocycles. The van der Waals surface area contributed by atoms with Gasteiger partial charge in [-0.3, -0.25) is 4.55 Å². The maximum Gasteiger partial charge on any atom is 0.264 e. The SMILES string of the molecule is CCCCCCCc1ccc(CCCCCCC)c(OCCCS(=O)(=O)O)c1. The zero-order valence-corrected chi connectivity index (χ0v) is 18.7. The van der Waals surface area contributed by atoms with Crippen molar-refractivity contribution in [2.24, 2.45) is 0 Å². The Morgan fingerprint density at radius 3 is 2.04 bits per heavy atom. The molecule has 5 heteroatoms. The number of hydrogen-bond acceptors (Lipinski definition) is 3. The third kappa shape index (κ3) is 12.4. The lowest BCUT2D eigenvalue weighted by molar-refractivity contribution is 0.312. The fourth-order valence-electron chi connectivity index (χ4n) is 3.37. The van der Waals surface area contributed by atoms with Gasteiger partial charge in [-0.2, -0.15) is 8.42 Å². The van der Waals surface area contributed by atoms with E-state index in [-0.39, 0.29) is 5.75 Å². The van der Waals surface area contributed by atoms with Crippen LogP contribution in [-0.2, 0) is 23.0 Å². The van der Waals surface area contributed by atoms with Crippen LogP contribution in [0.3, 0.4) is 0 Å². The van der Waals surface area contributed by atoms with Crippen molar-refractivity contribution in [3.05, 3.63) is 29.3 Å². The van der Waals surface area contributed by atoms with Gasteiger partial charge in [-0.15, -0.1) is 0 Å². The van der Waals surface area contributed by atoms with E-state index in [1.165, 1.54) is 68.9 Å². The predicted molar refractivity (Wildman–Crippen MR) is 118 cm³/mol. The molecule has 1 aromatic rings. The molecule has 0 radical (unpaired) electrons. The molecule has 1 rings (SSSR count). The van der Waals surface area contributed by atoms with E-state index < -0.39 is 10.1 Å². The van der Waals surface area contributed by atoms with E-state index >= 15 is 0 Å². The molecule has 0 unspecified atom stereocenters. The summed E-state index contributed by atoms with van der Waals surface area (Å²) in [5, 5.41) is 0. The average Bonchev–Trinajstić information content (AvgIpc) is 2.65. The zero-order valence-electron chi connectivity index (χ0n) is 17.9. The van der Waals surface area contributed by atoms with Crippen molar-refractivity contribution in [1.82, 2.24) is 0 Å². The Morgan fingerprint density at radius 2 is 1.43 bits per heavy atom. The minimum Gasteiger partial charge on any atom is -0.493 e. The zero-order chi connectivity index (χ0) is 20.7. The summed E-state index contributed by atoms with van der Waals surface area (Å²) in [7, 11) is -3.92. The average molecular weight is 413 g/mol. The molecule has 0 aliphatic heterocycles. The quantitative estimate of drug-likeness (QED) is 0.238. The largest absolute Gasteiger partial charge is 0.493 e. The summed E-state index contributed by atoms with van der Waals surface area (Å²) >= 11 is 0. The molecule has 0 amide bonds. The molecule has 0 saturated heterocycles. The van der Waals surface area contributed by atoms with Gasteiger partial charge in [0.2, 0.25) is 0 Å². The van der Waals surface area contributed by atoms with Crippen molar-refractivity contribution < 1.29 is 17.7 Å². The standard InChI is InChI=1S/C23H40O4S/c1-3-5-7-9-11-14-21-16-17-22(15-12-10-8-6-4-2)23(20-21)27-18-13-19-28(24,25)26/h16-17,20H,3-15,18-19H2,1-2H3,(H,24,25,26). The Hall–Kier alpha value is -1.07. The Kier molecular flexibility index (Phi) is 13.3. The normalized spacial score (nSPS) is 11.7. The Labute approximate surface area is 172 Å². The second-order valence-electron chi connectivity index (χ2n) is 7.76. The van der Waals surface area contributed by atoms with Crippen molar-refractivity contribution in [2.45, 2.75) is 97.3 Å². The summed E-state index contributed by atoms with van der Waals surface area (Å²) in [6, 6.07) is 6.53. The fourth-order valence-corrected chi connectivity index (χ4v) is 3.85. The van der Waals surface area contributed by atoms with Crippen molar-refractivity contribution in [2.75, 3.05) is 12.4 Å². The van der Waals surface area contributed by atoms with Crippen LogP contribution in [0.5, 0.6) is 5.75 Å². The van der Waals surface area contributed by atoms with Gasteiger partial charge >= 0.3 is 0 Å². The maximum atomic E-state index is 10.9. The highest BCUT2D eigenvalue weighted by Crippen LogP contribution is 2.24. The molecule has 0 aliphatic carbocycles. The monoisotopic (exact) mass is 412 g/mol. The number of unbranched alkanes of at least 4 members (excludes halogenated alkanes) is 8. The molecule has 0 saturated carbocycles. The van der Waals surface area contributed by atoms with Gasteiger partial charge in [0.05, 0.1) is 12.4 Å². The molecule has 0 atom stereocenters. The highest BCUT2D eigenvalue weighted by molar-refractivity contribution is 7.85. The van der Waals surface area contributed by atoms with Gasteiger partial charge in [0.1, 0.15) is 5.75 Å². The first-order valence-corrected chi connectivity index (χ1v) is 12.8. The van der Waals surface area contributed by atoms with E-state index in [0.29, 0.717) is 13.0 Å². The fraction of sp³-hybridized carbons (Fsp3) is 0.739. The molecule has 0 fully saturated rings. The first kappa shape index (κ1) is 25.0. The first-order chi connectivity index (χ1) is 13.5. The minimum absolute atomic E-state index is 0.254. The van der Waals surface area contributed by atoms with Gasteiger partial charge in [-0.05, 0) is 49.3 Å². The lowest BCUT2D eigenvalue weighted by Gasteiger charge is -2.14. The molecule has 1 N–H and O–H groups in total. The van der Waals surface area contributed by atoms with Crippen LogP contribution in [0.15, 0.2) is 18.2 Å². The smallest absolute Gasteiger partial charge is 0.264 e. The predicted octanol–water partition coefficient (Wildman–Crippen LogP) is 6.37. The molecule has 28 heavy (non-hydrogen) atoms. The summed E-state index contributed by atoms with van der Waals surface area (Å²) < 4.78 is 36.6. The van der Waals surface area contributed by atoms with E-state index in [2.05, 4.69) is 32.0 Å². The molecule has 4 nitrogen and oxygen atoms in total. The lowest BCUT2D eigenvalue weighted by Crippen LogP contribution is -2.09. The third-order valence-corrected chi connectivity index (χ3v) is 5.86. The van der Waals surface area contributed by atoms with Crippen LogP contribution in [0, 0.1) is 0 Å². The Morgan fingerprint density at radius 1 is 0.821 bits per heavy atom. The number of hydrogen-bond donors (Lipinski definition) is 1. The second kappa shape index (κ2) is 14.9. The molecule has 0 aromatic heterocycles. The van der Waals surface area contributed by atoms with Crippen LogP contribution in [0.1, 0.15) is 95.6 Å². The molecule has 1 aromatic carbocycles. The highest BCUT2D eigenvalue weighted by atomic mass is 32.2.